The molecule has 0 radical (unpaired) electrons. The monoisotopic (exact) mass is 448 g/mol. The minimum atomic E-state index is 0.618. The van der Waals surface area contributed by atoms with E-state index in [0.717, 1.165) is 51.7 Å². The third-order valence-electron chi connectivity index (χ3n) is 4.75. The Morgan fingerprint density at radius 3 is 2.06 bits per heavy atom. The highest BCUT2D eigenvalue weighted by molar-refractivity contribution is 7.99. The molecule has 2 aromatic heterocycles. The average molecular weight is 449 g/mol. The van der Waals surface area contributed by atoms with Crippen LogP contribution in [0.15, 0.2) is 78.2 Å². The second kappa shape index (κ2) is 10.7. The molecule has 4 rings (SSSR count). The maximum absolute atomic E-state index is 5.83. The fraction of sp³-hybridized carbons (Fsp3) is 0.208. The summed E-state index contributed by atoms with van der Waals surface area (Å²) in [7, 11) is 3.31. The van der Waals surface area contributed by atoms with Crippen LogP contribution < -0.4 is 14.2 Å². The lowest BCUT2D eigenvalue weighted by molar-refractivity contribution is 0.318. The number of thioether (sulfide) groups is 1. The average Bonchev–Trinajstić information content (AvgIpc) is 3.28. The van der Waals surface area contributed by atoms with Gasteiger partial charge in [-0.15, -0.1) is 10.2 Å². The Morgan fingerprint density at radius 2 is 1.41 bits per heavy atom. The standard InChI is InChI=1S/C24H24N4O3S/c1-29-20-6-4-19(5-7-20)28-23(18-12-14-25-15-13-18)26-27-24(28)32-17-3-16-31-22-10-8-21(30-2)9-11-22/h4-15H,3,16-17H2,1-2H3. The Bertz CT molecular complexity index is 1120. The Labute approximate surface area is 191 Å². The summed E-state index contributed by atoms with van der Waals surface area (Å²) in [6.07, 6.45) is 4.38. The molecule has 32 heavy (non-hydrogen) atoms. The van der Waals surface area contributed by atoms with E-state index in [1.807, 2.05) is 60.7 Å². The summed E-state index contributed by atoms with van der Waals surface area (Å²) in [5.41, 5.74) is 1.93. The van der Waals surface area contributed by atoms with E-state index < -0.39 is 0 Å². The maximum atomic E-state index is 5.83. The van der Waals surface area contributed by atoms with Crippen LogP contribution in [0.25, 0.3) is 17.1 Å². The highest BCUT2D eigenvalue weighted by Crippen LogP contribution is 2.29. The van der Waals surface area contributed by atoms with Gasteiger partial charge in [-0.1, -0.05) is 11.8 Å². The molecule has 0 aliphatic heterocycles. The zero-order chi connectivity index (χ0) is 22.2. The first-order valence-corrected chi connectivity index (χ1v) is 11.2. The van der Waals surface area contributed by atoms with Crippen molar-refractivity contribution in [3.8, 4) is 34.3 Å². The van der Waals surface area contributed by atoms with Crippen molar-refractivity contribution in [2.75, 3.05) is 26.6 Å². The third kappa shape index (κ3) is 5.20. The van der Waals surface area contributed by atoms with E-state index in [-0.39, 0.29) is 0 Å². The first kappa shape index (κ1) is 21.7. The molecule has 164 valence electrons. The molecule has 0 saturated carbocycles. The molecule has 0 N–H and O–H groups in total. The Morgan fingerprint density at radius 1 is 0.781 bits per heavy atom. The van der Waals surface area contributed by atoms with Gasteiger partial charge in [-0.05, 0) is 67.1 Å². The second-order valence-electron chi connectivity index (χ2n) is 6.80. The summed E-state index contributed by atoms with van der Waals surface area (Å²) in [6.45, 7) is 0.618. The zero-order valence-electron chi connectivity index (χ0n) is 18.0. The van der Waals surface area contributed by atoms with Crippen LogP contribution in [0.3, 0.4) is 0 Å². The van der Waals surface area contributed by atoms with E-state index in [1.54, 1.807) is 38.4 Å². The van der Waals surface area contributed by atoms with Crippen LogP contribution >= 0.6 is 11.8 Å². The number of hydrogen-bond donors (Lipinski definition) is 0. The Kier molecular flexibility index (Phi) is 7.24. The minimum Gasteiger partial charge on any atom is -0.497 e. The van der Waals surface area contributed by atoms with Crippen LogP contribution in [0, 0.1) is 0 Å². The lowest BCUT2D eigenvalue weighted by Crippen LogP contribution is -2.02. The van der Waals surface area contributed by atoms with E-state index in [2.05, 4.69) is 19.7 Å². The van der Waals surface area contributed by atoms with Gasteiger partial charge in [0.15, 0.2) is 11.0 Å². The molecule has 0 atom stereocenters. The van der Waals surface area contributed by atoms with Crippen LogP contribution in [0.1, 0.15) is 6.42 Å². The smallest absolute Gasteiger partial charge is 0.196 e. The summed E-state index contributed by atoms with van der Waals surface area (Å²) in [6, 6.07) is 19.3. The highest BCUT2D eigenvalue weighted by atomic mass is 32.2. The van der Waals surface area contributed by atoms with E-state index in [4.69, 9.17) is 14.2 Å². The van der Waals surface area contributed by atoms with Crippen molar-refractivity contribution in [3.63, 3.8) is 0 Å². The van der Waals surface area contributed by atoms with Crippen LogP contribution in [-0.4, -0.2) is 46.3 Å². The highest BCUT2D eigenvalue weighted by Gasteiger charge is 2.16. The van der Waals surface area contributed by atoms with E-state index >= 15 is 0 Å². The lowest BCUT2D eigenvalue weighted by atomic mass is 10.2. The zero-order valence-corrected chi connectivity index (χ0v) is 18.8. The van der Waals surface area contributed by atoms with Gasteiger partial charge in [-0.25, -0.2) is 0 Å². The first-order valence-electron chi connectivity index (χ1n) is 10.2. The summed E-state index contributed by atoms with van der Waals surface area (Å²) in [5.74, 6) is 4.07. The van der Waals surface area contributed by atoms with Crippen LogP contribution in [0.4, 0.5) is 0 Å². The molecule has 4 aromatic rings. The molecule has 0 bridgehead atoms. The number of nitrogens with zero attached hydrogens (tertiary/aromatic N) is 4. The van der Waals surface area contributed by atoms with Crippen molar-refractivity contribution in [1.29, 1.82) is 0 Å². The molecule has 0 fully saturated rings. The minimum absolute atomic E-state index is 0.618. The molecule has 2 aromatic carbocycles. The van der Waals surface area contributed by atoms with Crippen molar-refractivity contribution in [2.24, 2.45) is 0 Å². The van der Waals surface area contributed by atoms with E-state index in [9.17, 15) is 0 Å². The number of aromatic nitrogens is 4. The number of ether oxygens (including phenoxy) is 3. The molecular weight excluding hydrogens is 424 g/mol. The number of pyridine rings is 1. The molecule has 0 spiro atoms. The molecule has 8 heteroatoms. The third-order valence-corrected chi connectivity index (χ3v) is 5.77. The Hall–Kier alpha value is -3.52. The first-order chi connectivity index (χ1) is 15.8. The number of methoxy groups -OCH3 is 2. The molecule has 7 nitrogen and oxygen atoms in total. The van der Waals surface area contributed by atoms with Gasteiger partial charge in [0, 0.05) is 29.4 Å². The van der Waals surface area contributed by atoms with Crippen molar-refractivity contribution < 1.29 is 14.2 Å². The van der Waals surface area contributed by atoms with Gasteiger partial charge < -0.3 is 14.2 Å². The van der Waals surface area contributed by atoms with E-state index in [1.165, 1.54) is 0 Å². The van der Waals surface area contributed by atoms with Gasteiger partial charge in [0.25, 0.3) is 0 Å². The topological polar surface area (TPSA) is 71.3 Å². The summed E-state index contributed by atoms with van der Waals surface area (Å²) in [4.78, 5) is 4.11. The normalized spacial score (nSPS) is 10.7. The molecule has 0 unspecified atom stereocenters. The molecule has 0 saturated heterocycles. The molecule has 0 amide bonds. The number of benzene rings is 2. The van der Waals surface area contributed by atoms with Crippen molar-refractivity contribution in [1.82, 2.24) is 19.7 Å². The summed E-state index contributed by atoms with van der Waals surface area (Å²) in [5, 5.41) is 9.74. The van der Waals surface area contributed by atoms with Gasteiger partial charge in [0.2, 0.25) is 0 Å². The molecule has 0 aliphatic carbocycles. The SMILES string of the molecule is COc1ccc(OCCCSc2nnc(-c3ccncc3)n2-c2ccc(OC)cc2)cc1. The summed E-state index contributed by atoms with van der Waals surface area (Å²) >= 11 is 1.65. The predicted molar refractivity (Wildman–Crippen MR) is 125 cm³/mol. The quantitative estimate of drug-likeness (QED) is 0.252. The fourth-order valence-corrected chi connectivity index (χ4v) is 3.96. The van der Waals surface area contributed by atoms with Crippen LogP contribution in [0.5, 0.6) is 17.2 Å². The van der Waals surface area contributed by atoms with Crippen molar-refractivity contribution in [2.45, 2.75) is 11.6 Å². The van der Waals surface area contributed by atoms with Crippen molar-refractivity contribution >= 4 is 11.8 Å². The second-order valence-corrected chi connectivity index (χ2v) is 7.86. The maximum Gasteiger partial charge on any atom is 0.196 e. The fourth-order valence-electron chi connectivity index (χ4n) is 3.10. The lowest BCUT2D eigenvalue weighted by Gasteiger charge is -2.11. The van der Waals surface area contributed by atoms with Gasteiger partial charge in [0.05, 0.1) is 20.8 Å². The molecule has 0 aliphatic rings. The summed E-state index contributed by atoms with van der Waals surface area (Å²) < 4.78 is 18.4. The van der Waals surface area contributed by atoms with E-state index in [0.29, 0.717) is 6.61 Å². The Balaban J connectivity index is 1.45. The predicted octanol–water partition coefficient (Wildman–Crippen LogP) is 4.91. The number of hydrogen-bond acceptors (Lipinski definition) is 7. The van der Waals surface area contributed by atoms with Gasteiger partial charge >= 0.3 is 0 Å². The van der Waals surface area contributed by atoms with Crippen LogP contribution in [-0.2, 0) is 0 Å². The van der Waals surface area contributed by atoms with Crippen LogP contribution in [0.2, 0.25) is 0 Å². The molecular formula is C24H24N4O3S. The van der Waals surface area contributed by atoms with Gasteiger partial charge in [-0.2, -0.15) is 0 Å². The van der Waals surface area contributed by atoms with Crippen molar-refractivity contribution in [3.05, 3.63) is 73.1 Å². The number of rotatable bonds is 10. The van der Waals surface area contributed by atoms with Gasteiger partial charge in [-0.3, -0.25) is 9.55 Å². The molecule has 2 heterocycles. The largest absolute Gasteiger partial charge is 0.497 e. The van der Waals surface area contributed by atoms with Gasteiger partial charge in [0.1, 0.15) is 17.2 Å².